The van der Waals surface area contributed by atoms with Crippen molar-refractivity contribution >= 4 is 17.3 Å². The molecule has 1 N–H and O–H groups in total. The summed E-state index contributed by atoms with van der Waals surface area (Å²) < 4.78 is 43.1. The molecule has 3 heterocycles. The van der Waals surface area contributed by atoms with Gasteiger partial charge in [0, 0.05) is 43.0 Å². The Morgan fingerprint density at radius 1 is 1.58 bits per heavy atom. The van der Waals surface area contributed by atoms with Gasteiger partial charge in [0.05, 0.1) is 30.5 Å². The van der Waals surface area contributed by atoms with Crippen molar-refractivity contribution in [1.29, 1.82) is 0 Å². The molecule has 2 aliphatic rings. The average Bonchev–Trinajstić information content (AvgIpc) is 3.19. The summed E-state index contributed by atoms with van der Waals surface area (Å²) in [7, 11) is 0. The lowest BCUT2D eigenvalue weighted by Gasteiger charge is -2.26. The molecule has 10 heteroatoms. The van der Waals surface area contributed by atoms with Crippen molar-refractivity contribution in [1.82, 2.24) is 9.88 Å². The lowest BCUT2D eigenvalue weighted by molar-refractivity contribution is -0.192. The number of thiazole rings is 1. The minimum atomic E-state index is -5.08. The monoisotopic (exact) mass is 396 g/mol. The lowest BCUT2D eigenvalue weighted by atomic mass is 9.82. The molecule has 2 aliphatic heterocycles. The predicted octanol–water partition coefficient (Wildman–Crippen LogP) is 2.57. The number of aryl methyl sites for hydroxylation is 1. The molecule has 2 saturated heterocycles. The largest absolute Gasteiger partial charge is 0.490 e. The van der Waals surface area contributed by atoms with Gasteiger partial charge in [0.1, 0.15) is 0 Å². The van der Waals surface area contributed by atoms with Crippen LogP contribution in [0.25, 0.3) is 0 Å². The molecule has 1 aromatic rings. The number of nitrogens with zero attached hydrogens (tertiary/aromatic N) is 2. The van der Waals surface area contributed by atoms with Crippen molar-refractivity contribution in [2.75, 3.05) is 39.5 Å². The summed E-state index contributed by atoms with van der Waals surface area (Å²) in [5.41, 5.74) is 1.43. The van der Waals surface area contributed by atoms with Crippen molar-refractivity contribution in [3.63, 3.8) is 0 Å². The highest BCUT2D eigenvalue weighted by molar-refractivity contribution is 7.09. The highest BCUT2D eigenvalue weighted by Crippen LogP contribution is 2.42. The molecule has 2 atom stereocenters. The van der Waals surface area contributed by atoms with Crippen LogP contribution in [-0.4, -0.2) is 66.7 Å². The zero-order valence-corrected chi connectivity index (χ0v) is 15.5. The second-order valence-electron chi connectivity index (χ2n) is 6.54. The van der Waals surface area contributed by atoms with Gasteiger partial charge in [-0.2, -0.15) is 13.2 Å². The molecule has 0 aromatic carbocycles. The smallest absolute Gasteiger partial charge is 0.475 e. The molecule has 0 unspecified atom stereocenters. The molecule has 148 valence electrons. The van der Waals surface area contributed by atoms with Crippen LogP contribution in [0, 0.1) is 18.3 Å². The maximum absolute atomic E-state index is 10.6. The summed E-state index contributed by atoms with van der Waals surface area (Å²) >= 11 is 1.73. The van der Waals surface area contributed by atoms with Gasteiger partial charge in [-0.1, -0.05) is 0 Å². The first-order chi connectivity index (χ1) is 12.2. The fraction of sp³-hybridized carbons (Fsp3) is 0.750. The van der Waals surface area contributed by atoms with Crippen molar-refractivity contribution in [2.24, 2.45) is 11.3 Å². The van der Waals surface area contributed by atoms with Crippen LogP contribution in [-0.2, 0) is 20.8 Å². The Morgan fingerprint density at radius 2 is 2.27 bits per heavy atom. The molecule has 6 nitrogen and oxygen atoms in total. The van der Waals surface area contributed by atoms with E-state index in [1.807, 2.05) is 0 Å². The van der Waals surface area contributed by atoms with Crippen LogP contribution in [0.1, 0.15) is 17.6 Å². The van der Waals surface area contributed by atoms with Crippen molar-refractivity contribution in [3.8, 4) is 0 Å². The van der Waals surface area contributed by atoms with Crippen molar-refractivity contribution in [2.45, 2.75) is 26.6 Å². The average molecular weight is 396 g/mol. The number of hydrogen-bond acceptors (Lipinski definition) is 6. The van der Waals surface area contributed by atoms with E-state index in [4.69, 9.17) is 19.4 Å². The predicted molar refractivity (Wildman–Crippen MR) is 89.1 cm³/mol. The number of ether oxygens (including phenoxy) is 2. The molecule has 0 amide bonds. The van der Waals surface area contributed by atoms with Crippen molar-refractivity contribution in [3.05, 3.63) is 16.1 Å². The van der Waals surface area contributed by atoms with Gasteiger partial charge in [-0.25, -0.2) is 9.78 Å². The molecule has 0 bridgehead atoms. The van der Waals surface area contributed by atoms with Gasteiger partial charge in [0.15, 0.2) is 0 Å². The Bertz CT molecular complexity index is 611. The quantitative estimate of drug-likeness (QED) is 0.825. The van der Waals surface area contributed by atoms with Gasteiger partial charge in [0.2, 0.25) is 0 Å². The van der Waals surface area contributed by atoms with Gasteiger partial charge in [-0.3, -0.25) is 4.90 Å². The van der Waals surface area contributed by atoms with E-state index in [1.165, 1.54) is 5.69 Å². The minimum Gasteiger partial charge on any atom is -0.475 e. The van der Waals surface area contributed by atoms with E-state index in [-0.39, 0.29) is 5.41 Å². The molecule has 0 radical (unpaired) electrons. The lowest BCUT2D eigenvalue weighted by Crippen LogP contribution is -2.35. The standard InChI is InChI=1S/C14H22N2O2S.C2HF3O2/c1-3-17-9-14-8-16(4-12(14)6-18-10-14)5-13-7-19-11(2)15-13;3-2(4,5)1(6)7/h7,12H,3-6,8-10H2,1-2H3;(H,6,7)/t12-,14-;/m1./s1. The molecule has 1 aromatic heterocycles. The number of carboxylic acid groups (broad SMARTS) is 1. The highest BCUT2D eigenvalue weighted by atomic mass is 32.1. The summed E-state index contributed by atoms with van der Waals surface area (Å²) in [6.45, 7) is 10.7. The third-order valence-electron chi connectivity index (χ3n) is 4.48. The number of carboxylic acids is 1. The van der Waals surface area contributed by atoms with E-state index in [0.717, 1.165) is 51.1 Å². The Morgan fingerprint density at radius 3 is 2.81 bits per heavy atom. The van der Waals surface area contributed by atoms with Crippen LogP contribution in [0.5, 0.6) is 0 Å². The SMILES string of the molecule is CCOC[C@]12COC[C@H]1CN(Cc1csc(C)n1)C2.O=C(O)C(F)(F)F. The van der Waals surface area contributed by atoms with Crippen LogP contribution in [0.4, 0.5) is 13.2 Å². The zero-order chi connectivity index (χ0) is 19.4. The number of likely N-dealkylation sites (tertiary alicyclic amines) is 1. The van der Waals surface area contributed by atoms with Gasteiger partial charge in [-0.05, 0) is 13.8 Å². The number of fused-ring (bicyclic) bond motifs is 1. The minimum absolute atomic E-state index is 0.223. The normalized spacial score (nSPS) is 25.7. The van der Waals surface area contributed by atoms with Crippen LogP contribution in [0.15, 0.2) is 5.38 Å². The zero-order valence-electron chi connectivity index (χ0n) is 14.7. The Balaban J connectivity index is 0.000000298. The molecular weight excluding hydrogens is 373 g/mol. The maximum Gasteiger partial charge on any atom is 0.490 e. The Kier molecular flexibility index (Phi) is 7.00. The highest BCUT2D eigenvalue weighted by Gasteiger charge is 2.50. The van der Waals surface area contributed by atoms with Gasteiger partial charge >= 0.3 is 12.1 Å². The van der Waals surface area contributed by atoms with Gasteiger partial charge in [-0.15, -0.1) is 11.3 Å². The molecule has 0 aliphatic carbocycles. The Hall–Kier alpha value is -1.23. The summed E-state index contributed by atoms with van der Waals surface area (Å²) in [6.07, 6.45) is -5.08. The topological polar surface area (TPSA) is 71.9 Å². The molecule has 2 fully saturated rings. The van der Waals surface area contributed by atoms with Gasteiger partial charge < -0.3 is 14.6 Å². The third-order valence-corrected chi connectivity index (χ3v) is 5.30. The van der Waals surface area contributed by atoms with Crippen LogP contribution in [0.3, 0.4) is 0 Å². The number of hydrogen-bond donors (Lipinski definition) is 1. The number of alkyl halides is 3. The molecule has 3 rings (SSSR count). The van der Waals surface area contributed by atoms with E-state index >= 15 is 0 Å². The first-order valence-electron chi connectivity index (χ1n) is 8.25. The van der Waals surface area contributed by atoms with Gasteiger partial charge in [0.25, 0.3) is 0 Å². The van der Waals surface area contributed by atoms with Crippen molar-refractivity contribution < 1.29 is 32.5 Å². The maximum atomic E-state index is 10.6. The fourth-order valence-electron chi connectivity index (χ4n) is 3.28. The summed E-state index contributed by atoms with van der Waals surface area (Å²) in [5.74, 6) is -2.13. The van der Waals surface area contributed by atoms with E-state index in [0.29, 0.717) is 5.92 Å². The van der Waals surface area contributed by atoms with E-state index in [9.17, 15) is 13.2 Å². The van der Waals surface area contributed by atoms with E-state index in [2.05, 4.69) is 29.1 Å². The number of rotatable bonds is 5. The third kappa shape index (κ3) is 5.38. The summed E-state index contributed by atoms with van der Waals surface area (Å²) in [6, 6.07) is 0. The molecule has 0 spiro atoms. The first kappa shape index (κ1) is 21.1. The molecule has 0 saturated carbocycles. The number of aromatic nitrogens is 1. The van der Waals surface area contributed by atoms with Crippen LogP contribution >= 0.6 is 11.3 Å². The second kappa shape index (κ2) is 8.64. The fourth-order valence-corrected chi connectivity index (χ4v) is 3.89. The Labute approximate surface area is 153 Å². The van der Waals surface area contributed by atoms with Crippen LogP contribution < -0.4 is 0 Å². The molecular formula is C16H23F3N2O4S. The number of aliphatic carboxylic acids is 1. The van der Waals surface area contributed by atoms with E-state index < -0.39 is 12.1 Å². The van der Waals surface area contributed by atoms with Crippen LogP contribution in [0.2, 0.25) is 0 Å². The first-order valence-corrected chi connectivity index (χ1v) is 9.13. The molecule has 26 heavy (non-hydrogen) atoms. The summed E-state index contributed by atoms with van der Waals surface area (Å²) in [4.78, 5) is 16.0. The number of halogens is 3. The summed E-state index contributed by atoms with van der Waals surface area (Å²) in [5, 5.41) is 10.5. The van der Waals surface area contributed by atoms with E-state index in [1.54, 1.807) is 11.3 Å². The number of carbonyl (C=O) groups is 1. The second-order valence-corrected chi connectivity index (χ2v) is 7.60.